The summed E-state index contributed by atoms with van der Waals surface area (Å²) in [5.74, 6) is 1.15. The number of benzene rings is 3. The Labute approximate surface area is 218 Å². The highest BCUT2D eigenvalue weighted by Crippen LogP contribution is 2.28. The molecule has 1 aliphatic rings. The first-order valence-corrected chi connectivity index (χ1v) is 12.8. The molecule has 1 aliphatic heterocycles. The molecule has 0 aliphatic carbocycles. The highest BCUT2D eigenvalue weighted by Gasteiger charge is 2.23. The molecule has 3 aromatic carbocycles. The number of fused-ring (bicyclic) bond motifs is 1. The van der Waals surface area contributed by atoms with Crippen molar-refractivity contribution >= 4 is 22.4 Å². The van der Waals surface area contributed by atoms with E-state index in [0.717, 1.165) is 64.3 Å². The number of aromatic hydroxyl groups is 1. The molecular weight excluding hydrogens is 454 g/mol. The van der Waals surface area contributed by atoms with Crippen LogP contribution in [0.1, 0.15) is 25.3 Å². The van der Waals surface area contributed by atoms with Crippen molar-refractivity contribution < 1.29 is 9.67 Å². The molecule has 4 heteroatoms. The van der Waals surface area contributed by atoms with Gasteiger partial charge in [-0.2, -0.15) is 4.57 Å². The summed E-state index contributed by atoms with van der Waals surface area (Å²) < 4.78 is 2.25. The Hall–Kier alpha value is -4.44. The maximum Gasteiger partial charge on any atom is 0.255 e. The van der Waals surface area contributed by atoms with E-state index in [2.05, 4.69) is 71.5 Å². The number of hydrogen-bond acceptors (Lipinski definition) is 3. The second-order valence-electron chi connectivity index (χ2n) is 9.13. The Balaban J connectivity index is 1.67. The molecule has 0 unspecified atom stereocenters. The van der Waals surface area contributed by atoms with Gasteiger partial charge in [-0.3, -0.25) is 9.89 Å². The molecule has 0 saturated heterocycles. The lowest BCUT2D eigenvalue weighted by molar-refractivity contribution is -0.661. The summed E-state index contributed by atoms with van der Waals surface area (Å²) in [6.45, 7) is 7.94. The molecule has 2 heterocycles. The third-order valence-corrected chi connectivity index (χ3v) is 6.57. The van der Waals surface area contributed by atoms with Gasteiger partial charge in [-0.1, -0.05) is 74.5 Å². The number of aliphatic imine (C=N–C) groups is 1. The summed E-state index contributed by atoms with van der Waals surface area (Å²) in [7, 11) is 0. The number of amidine groups is 1. The summed E-state index contributed by atoms with van der Waals surface area (Å²) >= 11 is 0. The average molecular weight is 487 g/mol. The topological polar surface area (TPSA) is 39.7 Å². The third-order valence-electron chi connectivity index (χ3n) is 6.57. The van der Waals surface area contributed by atoms with E-state index >= 15 is 0 Å². The minimum absolute atomic E-state index is 0.303. The molecule has 1 aromatic heterocycles. The average Bonchev–Trinajstić information content (AvgIpc) is 3.02. The van der Waals surface area contributed by atoms with Gasteiger partial charge in [-0.15, -0.1) is 0 Å². The first kappa shape index (κ1) is 24.3. The van der Waals surface area contributed by atoms with Crippen molar-refractivity contribution in [2.24, 2.45) is 4.99 Å². The fourth-order valence-corrected chi connectivity index (χ4v) is 4.79. The molecule has 0 spiro atoms. The van der Waals surface area contributed by atoms with Crippen LogP contribution in [0.4, 0.5) is 5.69 Å². The Morgan fingerprint density at radius 3 is 2.57 bits per heavy atom. The number of rotatable bonds is 6. The molecule has 0 saturated carbocycles. The Bertz CT molecular complexity index is 1520. The molecule has 4 nitrogen and oxygen atoms in total. The summed E-state index contributed by atoms with van der Waals surface area (Å²) in [5, 5.41) is 11.8. The van der Waals surface area contributed by atoms with Crippen LogP contribution in [0.2, 0.25) is 0 Å². The van der Waals surface area contributed by atoms with Crippen molar-refractivity contribution in [2.45, 2.75) is 26.3 Å². The fraction of sp³-hybridized carbons (Fsp3) is 0.152. The van der Waals surface area contributed by atoms with Crippen molar-refractivity contribution in [2.75, 3.05) is 11.4 Å². The van der Waals surface area contributed by atoms with Crippen molar-refractivity contribution in [1.82, 2.24) is 0 Å². The van der Waals surface area contributed by atoms with Gasteiger partial charge < -0.3 is 5.11 Å². The lowest BCUT2D eigenvalue weighted by Gasteiger charge is -2.27. The molecule has 0 atom stereocenters. The Morgan fingerprint density at radius 1 is 0.919 bits per heavy atom. The van der Waals surface area contributed by atoms with Crippen LogP contribution in [-0.4, -0.2) is 17.5 Å². The van der Waals surface area contributed by atoms with Crippen molar-refractivity contribution in [3.8, 4) is 17.0 Å². The van der Waals surface area contributed by atoms with Crippen LogP contribution in [0.3, 0.4) is 0 Å². The number of nitrogens with zero attached hydrogens (tertiary/aromatic N) is 3. The van der Waals surface area contributed by atoms with E-state index in [1.165, 1.54) is 0 Å². The lowest BCUT2D eigenvalue weighted by atomic mass is 10.0. The SMILES string of the molecule is C=C1C=CC=CCN=C(c2cccc(-c3ccc4cccc(O)c4[n+]3CCCC)c2)N1c1ccccc1. The number of para-hydroxylation sites is 2. The van der Waals surface area contributed by atoms with Gasteiger partial charge >= 0.3 is 0 Å². The first-order valence-electron chi connectivity index (χ1n) is 12.8. The Kier molecular flexibility index (Phi) is 7.27. The van der Waals surface area contributed by atoms with Crippen LogP contribution in [0.25, 0.3) is 22.2 Å². The van der Waals surface area contributed by atoms with Crippen LogP contribution in [0.15, 0.2) is 127 Å². The predicted octanol–water partition coefficient (Wildman–Crippen LogP) is 7.19. The number of anilines is 1. The zero-order chi connectivity index (χ0) is 25.6. The summed E-state index contributed by atoms with van der Waals surface area (Å²) in [6, 6.07) is 28.7. The fourth-order valence-electron chi connectivity index (χ4n) is 4.79. The molecule has 5 rings (SSSR count). The molecule has 1 N–H and O–H groups in total. The monoisotopic (exact) mass is 486 g/mol. The molecule has 184 valence electrons. The smallest absolute Gasteiger partial charge is 0.255 e. The molecule has 4 aromatic rings. The number of aryl methyl sites for hydroxylation is 1. The highest BCUT2D eigenvalue weighted by molar-refractivity contribution is 6.12. The zero-order valence-corrected chi connectivity index (χ0v) is 21.2. The summed E-state index contributed by atoms with van der Waals surface area (Å²) in [4.78, 5) is 7.11. The highest BCUT2D eigenvalue weighted by atomic mass is 16.3. The lowest BCUT2D eigenvalue weighted by Crippen LogP contribution is -2.37. The van der Waals surface area contributed by atoms with Crippen LogP contribution in [0.5, 0.6) is 5.75 Å². The van der Waals surface area contributed by atoms with E-state index in [1.54, 1.807) is 6.07 Å². The normalized spacial score (nSPS) is 13.8. The minimum Gasteiger partial charge on any atom is -0.502 e. The van der Waals surface area contributed by atoms with Crippen LogP contribution in [0, 0.1) is 0 Å². The standard InChI is InChI=1S/C33H31N3O/c1-3-4-23-35-30(21-20-26-14-12-19-31(37)32(26)35)27-15-11-16-28(24-27)33-34-22-10-6-7-13-25(2)36(33)29-17-8-5-9-18-29/h5-21,24H,2-4,22-23H2,1H3/p+1. The number of phenols is 1. The van der Waals surface area contributed by atoms with E-state index in [9.17, 15) is 5.11 Å². The van der Waals surface area contributed by atoms with Crippen LogP contribution < -0.4 is 9.47 Å². The maximum absolute atomic E-state index is 10.8. The molecule has 0 bridgehead atoms. The van der Waals surface area contributed by atoms with Gasteiger partial charge in [0.1, 0.15) is 12.4 Å². The van der Waals surface area contributed by atoms with Gasteiger partial charge in [0.15, 0.2) is 5.75 Å². The van der Waals surface area contributed by atoms with E-state index < -0.39 is 0 Å². The molecular formula is C33H32N3O+. The number of hydrogen-bond donors (Lipinski definition) is 1. The first-order chi connectivity index (χ1) is 18.2. The minimum atomic E-state index is 0.303. The van der Waals surface area contributed by atoms with E-state index in [-0.39, 0.29) is 0 Å². The van der Waals surface area contributed by atoms with Gasteiger partial charge in [-0.25, -0.2) is 0 Å². The number of unbranched alkanes of at least 4 members (excludes halogenated alkanes) is 1. The molecule has 0 fully saturated rings. The van der Waals surface area contributed by atoms with Gasteiger partial charge in [0.25, 0.3) is 5.52 Å². The number of pyridine rings is 1. The van der Waals surface area contributed by atoms with Crippen molar-refractivity contribution in [3.63, 3.8) is 0 Å². The van der Waals surface area contributed by atoms with Crippen molar-refractivity contribution in [3.05, 3.63) is 127 Å². The molecule has 0 radical (unpaired) electrons. The van der Waals surface area contributed by atoms with E-state index in [1.807, 2.05) is 54.6 Å². The molecule has 0 amide bonds. The van der Waals surface area contributed by atoms with E-state index in [4.69, 9.17) is 4.99 Å². The number of aromatic nitrogens is 1. The quantitative estimate of drug-likeness (QED) is 0.293. The summed E-state index contributed by atoms with van der Waals surface area (Å²) in [5.41, 5.74) is 5.87. The van der Waals surface area contributed by atoms with Gasteiger partial charge in [0.05, 0.1) is 11.9 Å². The predicted molar refractivity (Wildman–Crippen MR) is 154 cm³/mol. The number of phenolic OH excluding ortho intramolecular Hbond substituents is 1. The largest absolute Gasteiger partial charge is 0.502 e. The van der Waals surface area contributed by atoms with Gasteiger partial charge in [-0.05, 0) is 48.5 Å². The maximum atomic E-state index is 10.8. The van der Waals surface area contributed by atoms with Crippen molar-refractivity contribution in [1.29, 1.82) is 0 Å². The third kappa shape index (κ3) is 5.10. The van der Waals surface area contributed by atoms with Crippen LogP contribution in [-0.2, 0) is 6.54 Å². The number of allylic oxidation sites excluding steroid dienone is 3. The van der Waals surface area contributed by atoms with E-state index in [0.29, 0.717) is 12.3 Å². The second-order valence-corrected chi connectivity index (χ2v) is 9.13. The second kappa shape index (κ2) is 11.1. The zero-order valence-electron chi connectivity index (χ0n) is 21.2. The Morgan fingerprint density at radius 2 is 1.73 bits per heavy atom. The van der Waals surface area contributed by atoms with Gasteiger partial charge in [0, 0.05) is 35.0 Å². The van der Waals surface area contributed by atoms with Gasteiger partial charge in [0.2, 0.25) is 5.69 Å². The molecule has 37 heavy (non-hydrogen) atoms. The van der Waals surface area contributed by atoms with Crippen LogP contribution >= 0.6 is 0 Å². The summed E-state index contributed by atoms with van der Waals surface area (Å²) in [6.07, 6.45) is 10.2.